The van der Waals surface area contributed by atoms with Crippen LogP contribution in [0.3, 0.4) is 0 Å². The number of carbonyl (C=O) groups excluding carboxylic acids is 1. The summed E-state index contributed by atoms with van der Waals surface area (Å²) in [5.41, 5.74) is 1.37. The zero-order chi connectivity index (χ0) is 17.6. The third-order valence-corrected chi connectivity index (χ3v) is 3.31. The molecule has 3 aromatic rings. The molecular weight excluding hydrogens is 320 g/mol. The van der Waals surface area contributed by atoms with Gasteiger partial charge in [0.15, 0.2) is 6.61 Å². The van der Waals surface area contributed by atoms with Crippen molar-refractivity contribution in [3.05, 3.63) is 71.4 Å². The van der Waals surface area contributed by atoms with Crippen molar-refractivity contribution in [3.8, 4) is 11.8 Å². The van der Waals surface area contributed by atoms with Crippen molar-refractivity contribution < 1.29 is 14.1 Å². The van der Waals surface area contributed by atoms with Crippen LogP contribution in [0.5, 0.6) is 5.75 Å². The Labute approximate surface area is 143 Å². The molecule has 124 valence electrons. The van der Waals surface area contributed by atoms with Crippen LogP contribution in [0.1, 0.15) is 27.6 Å². The van der Waals surface area contributed by atoms with Gasteiger partial charge in [-0.1, -0.05) is 23.4 Å². The Bertz CT molecular complexity index is 943. The van der Waals surface area contributed by atoms with Crippen LogP contribution >= 0.6 is 0 Å². The highest BCUT2D eigenvalue weighted by molar-refractivity contribution is 6.06. The fourth-order valence-corrected chi connectivity index (χ4v) is 2.19. The summed E-state index contributed by atoms with van der Waals surface area (Å²) in [6.45, 7) is 1.78. The molecule has 0 saturated heterocycles. The lowest BCUT2D eigenvalue weighted by atomic mass is 10.1. The van der Waals surface area contributed by atoms with Gasteiger partial charge >= 0.3 is 0 Å². The summed E-state index contributed by atoms with van der Waals surface area (Å²) in [5, 5.41) is 15.4. The van der Waals surface area contributed by atoms with Crippen molar-refractivity contribution in [3.63, 3.8) is 0 Å². The van der Waals surface area contributed by atoms with Crippen LogP contribution in [-0.2, 0) is 6.61 Å². The smallest absolute Gasteiger partial charge is 0.259 e. The minimum absolute atomic E-state index is 0.0888. The standard InChI is InChI=1S/C18H14N4O3/c1-12-20-17(22-25-12)11-24-16-8-3-2-7-15(16)18(23)21-14-6-4-5-13(9-14)10-19/h2-9H,11H2,1H3,(H,21,23). The summed E-state index contributed by atoms with van der Waals surface area (Å²) in [5.74, 6) is 0.908. The number of anilines is 1. The number of ether oxygens (including phenoxy) is 1. The fraction of sp³-hybridized carbons (Fsp3) is 0.111. The lowest BCUT2D eigenvalue weighted by Crippen LogP contribution is -2.14. The molecule has 1 heterocycles. The highest BCUT2D eigenvalue weighted by atomic mass is 16.5. The van der Waals surface area contributed by atoms with Crippen LogP contribution in [0.2, 0.25) is 0 Å². The molecule has 2 aromatic carbocycles. The molecule has 1 aromatic heterocycles. The number of nitrogens with one attached hydrogen (secondary N) is 1. The lowest BCUT2D eigenvalue weighted by molar-refractivity contribution is 0.102. The zero-order valence-electron chi connectivity index (χ0n) is 13.4. The van der Waals surface area contributed by atoms with E-state index in [0.29, 0.717) is 34.3 Å². The summed E-state index contributed by atoms with van der Waals surface area (Å²) in [6, 6.07) is 15.6. The normalized spacial score (nSPS) is 10.1. The summed E-state index contributed by atoms with van der Waals surface area (Å²) in [7, 11) is 0. The number of aromatic nitrogens is 2. The van der Waals surface area contributed by atoms with E-state index in [-0.39, 0.29) is 12.5 Å². The second-order valence-electron chi connectivity index (χ2n) is 5.16. The monoisotopic (exact) mass is 334 g/mol. The summed E-state index contributed by atoms with van der Waals surface area (Å²) in [6.07, 6.45) is 0. The van der Waals surface area contributed by atoms with Gasteiger partial charge in [-0.3, -0.25) is 4.79 Å². The van der Waals surface area contributed by atoms with Crippen molar-refractivity contribution in [2.75, 3.05) is 5.32 Å². The van der Waals surface area contributed by atoms with E-state index in [4.69, 9.17) is 14.5 Å². The number of carbonyl (C=O) groups is 1. The molecule has 0 aliphatic heterocycles. The molecule has 7 heteroatoms. The predicted octanol–water partition coefficient (Wildman–Crippen LogP) is 3.08. The Hall–Kier alpha value is -3.66. The van der Waals surface area contributed by atoms with Gasteiger partial charge in [0.2, 0.25) is 11.7 Å². The van der Waals surface area contributed by atoms with Crippen molar-refractivity contribution in [2.24, 2.45) is 0 Å². The molecule has 0 bridgehead atoms. The van der Waals surface area contributed by atoms with Gasteiger partial charge in [0.25, 0.3) is 5.91 Å². The van der Waals surface area contributed by atoms with E-state index in [2.05, 4.69) is 15.5 Å². The number of aryl methyl sites for hydroxylation is 1. The van der Waals surface area contributed by atoms with E-state index in [1.807, 2.05) is 6.07 Å². The minimum atomic E-state index is -0.338. The average molecular weight is 334 g/mol. The predicted molar refractivity (Wildman–Crippen MR) is 88.9 cm³/mol. The van der Waals surface area contributed by atoms with Crippen LogP contribution in [0.25, 0.3) is 0 Å². The number of benzene rings is 2. The van der Waals surface area contributed by atoms with Crippen molar-refractivity contribution >= 4 is 11.6 Å². The van der Waals surface area contributed by atoms with Gasteiger partial charge in [-0.2, -0.15) is 10.2 Å². The van der Waals surface area contributed by atoms with E-state index >= 15 is 0 Å². The van der Waals surface area contributed by atoms with E-state index in [1.165, 1.54) is 0 Å². The van der Waals surface area contributed by atoms with E-state index in [1.54, 1.807) is 55.5 Å². The first-order valence-electron chi connectivity index (χ1n) is 7.48. The second kappa shape index (κ2) is 7.27. The van der Waals surface area contributed by atoms with Gasteiger partial charge in [-0.15, -0.1) is 0 Å². The van der Waals surface area contributed by atoms with E-state index in [9.17, 15) is 4.79 Å². The molecule has 0 unspecified atom stereocenters. The van der Waals surface area contributed by atoms with Crippen molar-refractivity contribution in [1.29, 1.82) is 5.26 Å². The molecule has 25 heavy (non-hydrogen) atoms. The molecule has 3 rings (SSSR count). The number of hydrogen-bond donors (Lipinski definition) is 1. The van der Waals surface area contributed by atoms with E-state index < -0.39 is 0 Å². The Balaban J connectivity index is 1.75. The van der Waals surface area contributed by atoms with Gasteiger partial charge in [0.1, 0.15) is 5.75 Å². The molecule has 0 saturated carbocycles. The Morgan fingerprint density at radius 3 is 2.88 bits per heavy atom. The van der Waals surface area contributed by atoms with Crippen LogP contribution in [0.4, 0.5) is 5.69 Å². The SMILES string of the molecule is Cc1nc(COc2ccccc2C(=O)Nc2cccc(C#N)c2)no1. The quantitative estimate of drug-likeness (QED) is 0.769. The molecule has 1 amide bonds. The lowest BCUT2D eigenvalue weighted by Gasteiger charge is -2.10. The van der Waals surface area contributed by atoms with Crippen LogP contribution in [0, 0.1) is 18.3 Å². The fourth-order valence-electron chi connectivity index (χ4n) is 2.19. The maximum atomic E-state index is 12.5. The van der Waals surface area contributed by atoms with Gasteiger partial charge < -0.3 is 14.6 Å². The number of nitrogens with zero attached hydrogens (tertiary/aromatic N) is 3. The number of amides is 1. The van der Waals surface area contributed by atoms with Gasteiger partial charge in [0.05, 0.1) is 17.2 Å². The zero-order valence-corrected chi connectivity index (χ0v) is 13.4. The first-order chi connectivity index (χ1) is 12.2. The largest absolute Gasteiger partial charge is 0.485 e. The van der Waals surface area contributed by atoms with Crippen LogP contribution in [0.15, 0.2) is 53.1 Å². The Morgan fingerprint density at radius 2 is 2.12 bits per heavy atom. The molecular formula is C18H14N4O3. The molecule has 0 aliphatic carbocycles. The number of para-hydroxylation sites is 1. The maximum Gasteiger partial charge on any atom is 0.259 e. The Kier molecular flexibility index (Phi) is 4.72. The Morgan fingerprint density at radius 1 is 1.28 bits per heavy atom. The van der Waals surface area contributed by atoms with Crippen LogP contribution < -0.4 is 10.1 Å². The second-order valence-corrected chi connectivity index (χ2v) is 5.16. The summed E-state index contributed by atoms with van der Waals surface area (Å²) in [4.78, 5) is 16.6. The third-order valence-electron chi connectivity index (χ3n) is 3.31. The van der Waals surface area contributed by atoms with Crippen molar-refractivity contribution in [2.45, 2.75) is 13.5 Å². The molecule has 0 radical (unpaired) electrons. The summed E-state index contributed by atoms with van der Waals surface area (Å²) >= 11 is 0. The average Bonchev–Trinajstić information content (AvgIpc) is 3.05. The number of rotatable bonds is 5. The highest BCUT2D eigenvalue weighted by Crippen LogP contribution is 2.21. The number of nitriles is 1. The summed E-state index contributed by atoms with van der Waals surface area (Å²) < 4.78 is 10.5. The molecule has 0 spiro atoms. The minimum Gasteiger partial charge on any atom is -0.485 e. The highest BCUT2D eigenvalue weighted by Gasteiger charge is 2.13. The van der Waals surface area contributed by atoms with Crippen molar-refractivity contribution in [1.82, 2.24) is 10.1 Å². The molecule has 0 fully saturated rings. The van der Waals surface area contributed by atoms with Gasteiger partial charge in [0, 0.05) is 12.6 Å². The molecule has 0 atom stereocenters. The molecule has 1 N–H and O–H groups in total. The number of hydrogen-bond acceptors (Lipinski definition) is 6. The van der Waals surface area contributed by atoms with Gasteiger partial charge in [-0.25, -0.2) is 0 Å². The molecule has 0 aliphatic rings. The molecule has 7 nitrogen and oxygen atoms in total. The first-order valence-corrected chi connectivity index (χ1v) is 7.48. The van der Waals surface area contributed by atoms with Gasteiger partial charge in [-0.05, 0) is 30.3 Å². The van der Waals surface area contributed by atoms with E-state index in [0.717, 1.165) is 0 Å². The first kappa shape index (κ1) is 16.2. The van der Waals surface area contributed by atoms with Crippen LogP contribution in [-0.4, -0.2) is 16.0 Å². The topological polar surface area (TPSA) is 101 Å². The third kappa shape index (κ3) is 4.00. The maximum absolute atomic E-state index is 12.5.